The number of hydrogen-bond donors (Lipinski definition) is 0. The maximum Gasteiger partial charge on any atom is 0.232 e. The number of carbonyl (C=O) groups excluding carboxylic acids is 2. The molecular formula is C29H43N5O3. The van der Waals surface area contributed by atoms with Crippen molar-refractivity contribution in [3.8, 4) is 0 Å². The van der Waals surface area contributed by atoms with E-state index in [9.17, 15) is 9.59 Å². The number of rotatable bonds is 12. The SMILES string of the molecule is C=CC1CC(C(=O)CCCC(C)c2nnc(C)o2)N(C(=O)C(C(=C)N=N/C(=C\C)C2CC2)C(C)(C)C)C1. The molecular weight excluding hydrogens is 466 g/mol. The minimum absolute atomic E-state index is 0.0768. The van der Waals surface area contributed by atoms with E-state index in [2.05, 4.69) is 33.6 Å². The molecule has 2 fully saturated rings. The highest BCUT2D eigenvalue weighted by molar-refractivity contribution is 5.91. The predicted molar refractivity (Wildman–Crippen MR) is 144 cm³/mol. The van der Waals surface area contributed by atoms with Crippen LogP contribution in [0, 0.1) is 30.1 Å². The Morgan fingerprint density at radius 3 is 2.49 bits per heavy atom. The van der Waals surface area contributed by atoms with E-state index in [0.29, 0.717) is 49.2 Å². The molecule has 1 saturated heterocycles. The average molecular weight is 510 g/mol. The number of azo groups is 1. The summed E-state index contributed by atoms with van der Waals surface area (Å²) >= 11 is 0. The second-order valence-corrected chi connectivity index (χ2v) is 11.6. The molecule has 0 aromatic carbocycles. The van der Waals surface area contributed by atoms with Crippen molar-refractivity contribution in [2.24, 2.45) is 33.4 Å². The van der Waals surface area contributed by atoms with Crippen LogP contribution < -0.4 is 0 Å². The molecule has 1 amide bonds. The fourth-order valence-corrected chi connectivity index (χ4v) is 5.08. The van der Waals surface area contributed by atoms with Crippen LogP contribution >= 0.6 is 0 Å². The molecule has 4 atom stereocenters. The van der Waals surface area contributed by atoms with Crippen LogP contribution in [0.2, 0.25) is 0 Å². The highest BCUT2D eigenvalue weighted by Gasteiger charge is 2.44. The van der Waals surface area contributed by atoms with Crippen molar-refractivity contribution in [2.45, 2.75) is 92.0 Å². The number of allylic oxidation sites excluding steroid dienone is 2. The second-order valence-electron chi connectivity index (χ2n) is 11.6. The quantitative estimate of drug-likeness (QED) is 0.234. The van der Waals surface area contributed by atoms with Crippen molar-refractivity contribution < 1.29 is 14.0 Å². The summed E-state index contributed by atoms with van der Waals surface area (Å²) in [4.78, 5) is 29.1. The van der Waals surface area contributed by atoms with Crippen LogP contribution in [0.4, 0.5) is 0 Å². The first kappa shape index (κ1) is 28.7. The third kappa shape index (κ3) is 7.33. The topological polar surface area (TPSA) is 101 Å². The Morgan fingerprint density at radius 1 is 1.24 bits per heavy atom. The number of hydrogen-bond acceptors (Lipinski definition) is 7. The average Bonchev–Trinajstić information content (AvgIpc) is 3.41. The van der Waals surface area contributed by atoms with Gasteiger partial charge in [-0.15, -0.1) is 16.8 Å². The van der Waals surface area contributed by atoms with Gasteiger partial charge in [-0.25, -0.2) is 0 Å². The largest absolute Gasteiger partial charge is 0.425 e. The molecule has 8 nitrogen and oxygen atoms in total. The zero-order chi connectivity index (χ0) is 27.3. The first-order valence-electron chi connectivity index (χ1n) is 13.5. The summed E-state index contributed by atoms with van der Waals surface area (Å²) in [5.41, 5.74) is 0.960. The Kier molecular flexibility index (Phi) is 9.37. The Hall–Kier alpha value is -2.90. The molecule has 202 valence electrons. The van der Waals surface area contributed by atoms with Crippen LogP contribution in [0.15, 0.2) is 51.3 Å². The maximum absolute atomic E-state index is 14.0. The first-order valence-corrected chi connectivity index (χ1v) is 13.5. The van der Waals surface area contributed by atoms with E-state index in [1.807, 2.05) is 46.8 Å². The molecule has 0 bridgehead atoms. The standard InChI is InChI=1S/C29H43N5O3/c1-9-21-16-24(25(35)13-11-12-18(3)27-33-31-20(5)37-27)34(17-21)28(36)26(29(6,7)8)19(4)30-32-23(10-2)22-14-15-22/h9-10,18,21-22,24,26H,1,4,11-17H2,2-3,5-8H3/b23-10-,32-30?. The molecule has 1 aliphatic heterocycles. The van der Waals surface area contributed by atoms with Gasteiger partial charge < -0.3 is 9.32 Å². The Balaban J connectivity index is 1.70. The van der Waals surface area contributed by atoms with E-state index in [1.54, 1.807) is 11.8 Å². The lowest BCUT2D eigenvalue weighted by Crippen LogP contribution is -2.47. The lowest BCUT2D eigenvalue weighted by Gasteiger charge is -2.34. The van der Waals surface area contributed by atoms with Gasteiger partial charge in [0.25, 0.3) is 0 Å². The summed E-state index contributed by atoms with van der Waals surface area (Å²) in [5.74, 6) is 1.15. The van der Waals surface area contributed by atoms with E-state index in [1.165, 1.54) is 0 Å². The number of nitrogens with zero attached hydrogens (tertiary/aromatic N) is 5. The van der Waals surface area contributed by atoms with Crippen molar-refractivity contribution in [3.05, 3.63) is 48.5 Å². The highest BCUT2D eigenvalue weighted by Crippen LogP contribution is 2.40. The number of aryl methyl sites for hydroxylation is 1. The van der Waals surface area contributed by atoms with Gasteiger partial charge in [0.2, 0.25) is 17.7 Å². The van der Waals surface area contributed by atoms with Crippen LogP contribution in [0.1, 0.15) is 90.8 Å². The molecule has 1 aromatic rings. The monoisotopic (exact) mass is 509 g/mol. The van der Waals surface area contributed by atoms with Crippen molar-refractivity contribution >= 4 is 11.7 Å². The molecule has 1 aliphatic carbocycles. The van der Waals surface area contributed by atoms with Crippen LogP contribution in [-0.2, 0) is 9.59 Å². The van der Waals surface area contributed by atoms with Crippen molar-refractivity contribution in [1.82, 2.24) is 15.1 Å². The van der Waals surface area contributed by atoms with Crippen LogP contribution in [0.3, 0.4) is 0 Å². The van der Waals surface area contributed by atoms with E-state index >= 15 is 0 Å². The number of Topliss-reactive ketones (excluding diaryl/α,β-unsaturated/α-hetero) is 1. The molecule has 37 heavy (non-hydrogen) atoms. The van der Waals surface area contributed by atoms with Crippen molar-refractivity contribution in [1.29, 1.82) is 0 Å². The first-order chi connectivity index (χ1) is 17.5. The van der Waals surface area contributed by atoms with Gasteiger partial charge in [0.1, 0.15) is 0 Å². The molecule has 0 spiro atoms. The second kappa shape index (κ2) is 12.1. The van der Waals surface area contributed by atoms with Gasteiger partial charge in [-0.1, -0.05) is 46.4 Å². The fourth-order valence-electron chi connectivity index (χ4n) is 5.08. The third-order valence-electron chi connectivity index (χ3n) is 7.38. The summed E-state index contributed by atoms with van der Waals surface area (Å²) in [5, 5.41) is 16.8. The fraction of sp³-hybridized carbons (Fsp3) is 0.655. The predicted octanol–water partition coefficient (Wildman–Crippen LogP) is 6.57. The van der Waals surface area contributed by atoms with Gasteiger partial charge in [0, 0.05) is 31.7 Å². The number of ketones is 1. The van der Waals surface area contributed by atoms with Crippen molar-refractivity contribution in [2.75, 3.05) is 6.54 Å². The molecule has 1 saturated carbocycles. The highest BCUT2D eigenvalue weighted by atomic mass is 16.4. The third-order valence-corrected chi connectivity index (χ3v) is 7.38. The van der Waals surface area contributed by atoms with Crippen molar-refractivity contribution in [3.63, 3.8) is 0 Å². The maximum atomic E-state index is 14.0. The van der Waals surface area contributed by atoms with Crippen LogP contribution in [-0.4, -0.2) is 39.4 Å². The zero-order valence-corrected chi connectivity index (χ0v) is 23.4. The lowest BCUT2D eigenvalue weighted by molar-refractivity contribution is -0.142. The molecule has 0 radical (unpaired) electrons. The number of amides is 1. The van der Waals surface area contributed by atoms with Gasteiger partial charge in [0.05, 0.1) is 23.4 Å². The summed E-state index contributed by atoms with van der Waals surface area (Å²) in [6, 6.07) is -0.469. The molecule has 0 N–H and O–H groups in total. The molecule has 2 heterocycles. The summed E-state index contributed by atoms with van der Waals surface area (Å²) in [7, 11) is 0. The van der Waals surface area contributed by atoms with Gasteiger partial charge in [-0.3, -0.25) is 9.59 Å². The Labute approximate surface area is 221 Å². The molecule has 3 rings (SSSR count). The van der Waals surface area contributed by atoms with Crippen LogP contribution in [0.25, 0.3) is 0 Å². The van der Waals surface area contributed by atoms with Gasteiger partial charge in [-0.2, -0.15) is 10.2 Å². The lowest BCUT2D eigenvalue weighted by atomic mass is 9.78. The molecule has 1 aromatic heterocycles. The van der Waals surface area contributed by atoms with E-state index in [4.69, 9.17) is 4.42 Å². The Morgan fingerprint density at radius 2 is 1.95 bits per heavy atom. The van der Waals surface area contributed by atoms with E-state index in [0.717, 1.165) is 25.0 Å². The molecule has 4 unspecified atom stereocenters. The minimum Gasteiger partial charge on any atom is -0.425 e. The van der Waals surface area contributed by atoms with Gasteiger partial charge in [0.15, 0.2) is 5.78 Å². The summed E-state index contributed by atoms with van der Waals surface area (Å²) in [6.07, 6.45) is 8.52. The van der Waals surface area contributed by atoms with E-state index < -0.39 is 17.4 Å². The smallest absolute Gasteiger partial charge is 0.232 e. The number of carbonyl (C=O) groups is 2. The summed E-state index contributed by atoms with van der Waals surface area (Å²) in [6.45, 7) is 20.3. The molecule has 8 heteroatoms. The summed E-state index contributed by atoms with van der Waals surface area (Å²) < 4.78 is 5.52. The van der Waals surface area contributed by atoms with Crippen LogP contribution in [0.5, 0.6) is 0 Å². The zero-order valence-electron chi connectivity index (χ0n) is 23.4. The van der Waals surface area contributed by atoms with E-state index in [-0.39, 0.29) is 23.5 Å². The van der Waals surface area contributed by atoms with Gasteiger partial charge >= 0.3 is 0 Å². The number of aromatic nitrogens is 2. The molecule has 2 aliphatic rings. The van der Waals surface area contributed by atoms with Gasteiger partial charge in [-0.05, 0) is 50.4 Å². The normalized spacial score (nSPS) is 22.3. The number of likely N-dealkylation sites (tertiary alicyclic amines) is 1. The Bertz CT molecular complexity index is 1060. The minimum atomic E-state index is -0.576.